The average molecular weight is 263 g/mol. The van der Waals surface area contributed by atoms with Crippen molar-refractivity contribution in [1.29, 1.82) is 0 Å². The molecule has 1 aliphatic carbocycles. The minimum Gasteiger partial charge on any atom is -0.336 e. The van der Waals surface area contributed by atoms with Crippen LogP contribution in [0.3, 0.4) is 0 Å². The number of H-pyrrole nitrogens is 3. The Morgan fingerprint density at radius 2 is 1.84 bits per heavy atom. The molecule has 7 heteroatoms. The van der Waals surface area contributed by atoms with Gasteiger partial charge in [0.25, 0.3) is 5.56 Å². The van der Waals surface area contributed by atoms with Gasteiger partial charge in [0.2, 0.25) is 0 Å². The zero-order valence-corrected chi connectivity index (χ0v) is 10.5. The van der Waals surface area contributed by atoms with E-state index in [4.69, 9.17) is 5.73 Å². The van der Waals surface area contributed by atoms with E-state index in [2.05, 4.69) is 19.9 Å². The highest BCUT2D eigenvalue weighted by molar-refractivity contribution is 5.68. The lowest BCUT2D eigenvalue weighted by atomic mass is 9.95. The SMILES string of the molecule is NC1CCCCCC1c1nc2[nH]c(=O)[nH]c(=O)c2[nH]1. The van der Waals surface area contributed by atoms with Gasteiger partial charge in [-0.15, -0.1) is 0 Å². The quantitative estimate of drug-likeness (QED) is 0.553. The summed E-state index contributed by atoms with van der Waals surface area (Å²) in [6.07, 6.45) is 5.36. The molecule has 0 saturated heterocycles. The third-order valence-electron chi connectivity index (χ3n) is 3.83. The van der Waals surface area contributed by atoms with Crippen molar-refractivity contribution < 1.29 is 0 Å². The molecule has 0 radical (unpaired) electrons. The first-order valence-electron chi connectivity index (χ1n) is 6.63. The normalized spacial score (nSPS) is 24.5. The number of aromatic nitrogens is 4. The van der Waals surface area contributed by atoms with Gasteiger partial charge in [0.15, 0.2) is 5.65 Å². The Morgan fingerprint density at radius 3 is 2.68 bits per heavy atom. The van der Waals surface area contributed by atoms with Gasteiger partial charge in [0, 0.05) is 12.0 Å². The smallest absolute Gasteiger partial charge is 0.327 e. The van der Waals surface area contributed by atoms with Crippen LogP contribution in [0.5, 0.6) is 0 Å². The summed E-state index contributed by atoms with van der Waals surface area (Å²) in [6.45, 7) is 0. The number of hydrogen-bond acceptors (Lipinski definition) is 4. The molecule has 2 unspecified atom stereocenters. The summed E-state index contributed by atoms with van der Waals surface area (Å²) in [7, 11) is 0. The number of fused-ring (bicyclic) bond motifs is 1. The highest BCUT2D eigenvalue weighted by Crippen LogP contribution is 2.29. The molecule has 0 spiro atoms. The fourth-order valence-electron chi connectivity index (χ4n) is 2.80. The number of aromatic amines is 3. The molecule has 7 nitrogen and oxygen atoms in total. The van der Waals surface area contributed by atoms with Crippen LogP contribution in [-0.2, 0) is 0 Å². The van der Waals surface area contributed by atoms with E-state index in [1.807, 2.05) is 0 Å². The van der Waals surface area contributed by atoms with Gasteiger partial charge >= 0.3 is 5.69 Å². The number of hydrogen-bond donors (Lipinski definition) is 4. The molecule has 1 aliphatic rings. The van der Waals surface area contributed by atoms with Crippen LogP contribution >= 0.6 is 0 Å². The highest BCUT2D eigenvalue weighted by atomic mass is 16.2. The van der Waals surface area contributed by atoms with Crippen molar-refractivity contribution in [2.75, 3.05) is 0 Å². The Bertz CT molecular complexity index is 698. The Hall–Kier alpha value is -1.89. The van der Waals surface area contributed by atoms with Crippen molar-refractivity contribution in [3.63, 3.8) is 0 Å². The molecule has 3 rings (SSSR count). The van der Waals surface area contributed by atoms with Gasteiger partial charge in [0.1, 0.15) is 11.3 Å². The van der Waals surface area contributed by atoms with E-state index in [0.717, 1.165) is 25.7 Å². The maximum Gasteiger partial charge on any atom is 0.327 e. The van der Waals surface area contributed by atoms with Gasteiger partial charge in [-0.25, -0.2) is 9.78 Å². The molecule has 2 aromatic rings. The third-order valence-corrected chi connectivity index (χ3v) is 3.83. The van der Waals surface area contributed by atoms with Crippen LogP contribution in [0.15, 0.2) is 9.59 Å². The van der Waals surface area contributed by atoms with Crippen LogP contribution in [-0.4, -0.2) is 26.0 Å². The summed E-state index contributed by atoms with van der Waals surface area (Å²) < 4.78 is 0. The van der Waals surface area contributed by atoms with Crippen LogP contribution in [0.2, 0.25) is 0 Å². The zero-order valence-electron chi connectivity index (χ0n) is 10.5. The predicted molar refractivity (Wildman–Crippen MR) is 71.1 cm³/mol. The topological polar surface area (TPSA) is 120 Å². The third kappa shape index (κ3) is 2.21. The van der Waals surface area contributed by atoms with Gasteiger partial charge in [-0.2, -0.15) is 0 Å². The van der Waals surface area contributed by atoms with E-state index >= 15 is 0 Å². The minimum atomic E-state index is -0.541. The molecule has 1 saturated carbocycles. The number of nitrogens with zero attached hydrogens (tertiary/aromatic N) is 1. The zero-order chi connectivity index (χ0) is 13.4. The monoisotopic (exact) mass is 263 g/mol. The lowest BCUT2D eigenvalue weighted by molar-refractivity contribution is 0.488. The molecule has 0 amide bonds. The second-order valence-corrected chi connectivity index (χ2v) is 5.16. The molecular weight excluding hydrogens is 246 g/mol. The maximum absolute atomic E-state index is 11.7. The minimum absolute atomic E-state index is 0.0499. The first-order valence-corrected chi connectivity index (χ1v) is 6.63. The van der Waals surface area contributed by atoms with Crippen molar-refractivity contribution in [3.05, 3.63) is 26.7 Å². The van der Waals surface area contributed by atoms with Gasteiger partial charge in [-0.3, -0.25) is 14.8 Å². The summed E-state index contributed by atoms with van der Waals surface area (Å²) in [4.78, 5) is 34.9. The fourth-order valence-corrected chi connectivity index (χ4v) is 2.80. The summed E-state index contributed by atoms with van der Waals surface area (Å²) in [5, 5.41) is 0. The van der Waals surface area contributed by atoms with Crippen molar-refractivity contribution in [1.82, 2.24) is 19.9 Å². The van der Waals surface area contributed by atoms with Crippen LogP contribution < -0.4 is 17.0 Å². The van der Waals surface area contributed by atoms with E-state index in [-0.39, 0.29) is 12.0 Å². The van der Waals surface area contributed by atoms with Crippen LogP contribution in [0.25, 0.3) is 11.2 Å². The van der Waals surface area contributed by atoms with Crippen LogP contribution in [0, 0.1) is 0 Å². The lowest BCUT2D eigenvalue weighted by Gasteiger charge is -2.18. The van der Waals surface area contributed by atoms with Crippen molar-refractivity contribution in [2.24, 2.45) is 5.73 Å². The molecule has 0 aliphatic heterocycles. The summed E-state index contributed by atoms with van der Waals surface area (Å²) >= 11 is 0. The van der Waals surface area contributed by atoms with E-state index < -0.39 is 11.2 Å². The molecule has 1 fully saturated rings. The van der Waals surface area contributed by atoms with Crippen molar-refractivity contribution >= 4 is 11.2 Å². The molecule has 2 aromatic heterocycles. The molecule has 102 valence electrons. The molecule has 2 heterocycles. The van der Waals surface area contributed by atoms with Gasteiger partial charge in [0.05, 0.1) is 0 Å². The largest absolute Gasteiger partial charge is 0.336 e. The number of nitrogens with two attached hydrogens (primary N) is 1. The van der Waals surface area contributed by atoms with E-state index in [0.29, 0.717) is 17.0 Å². The molecule has 0 aromatic carbocycles. The predicted octanol–water partition coefficient (Wildman–Crippen LogP) is 0.314. The Kier molecular flexibility index (Phi) is 2.98. The van der Waals surface area contributed by atoms with Crippen LogP contribution in [0.4, 0.5) is 0 Å². The first kappa shape index (κ1) is 12.2. The molecule has 2 atom stereocenters. The average Bonchev–Trinajstić information content (AvgIpc) is 2.65. The lowest BCUT2D eigenvalue weighted by Crippen LogP contribution is -2.28. The second-order valence-electron chi connectivity index (χ2n) is 5.16. The number of imidazole rings is 1. The van der Waals surface area contributed by atoms with Gasteiger partial charge in [-0.05, 0) is 12.8 Å². The van der Waals surface area contributed by atoms with E-state index in [9.17, 15) is 9.59 Å². The van der Waals surface area contributed by atoms with E-state index in [1.165, 1.54) is 6.42 Å². The van der Waals surface area contributed by atoms with Gasteiger partial charge < -0.3 is 10.7 Å². The Labute approximate surface area is 108 Å². The Morgan fingerprint density at radius 1 is 1.05 bits per heavy atom. The standard InChI is InChI=1S/C12H17N5O2/c13-7-5-3-1-2-4-6(7)9-14-8-10(15-9)16-12(19)17-11(8)18/h6-7H,1-5,13H2,(H3,14,15,16,17,18,19). The molecule has 19 heavy (non-hydrogen) atoms. The Balaban J connectivity index is 2.07. The number of nitrogens with one attached hydrogen (secondary N) is 3. The maximum atomic E-state index is 11.7. The molecule has 0 bridgehead atoms. The van der Waals surface area contributed by atoms with E-state index in [1.54, 1.807) is 0 Å². The van der Waals surface area contributed by atoms with Crippen LogP contribution in [0.1, 0.15) is 43.8 Å². The second kappa shape index (κ2) is 4.65. The molecular formula is C12H17N5O2. The summed E-state index contributed by atoms with van der Waals surface area (Å²) in [6, 6.07) is 0.0499. The molecule has 5 N–H and O–H groups in total. The van der Waals surface area contributed by atoms with Crippen molar-refractivity contribution in [2.45, 2.75) is 44.1 Å². The summed E-state index contributed by atoms with van der Waals surface area (Å²) in [5.74, 6) is 0.828. The van der Waals surface area contributed by atoms with Gasteiger partial charge in [-0.1, -0.05) is 19.3 Å². The number of rotatable bonds is 1. The first-order chi connectivity index (χ1) is 9.15. The fraction of sp³-hybridized carbons (Fsp3) is 0.583. The summed E-state index contributed by atoms with van der Waals surface area (Å²) in [5.41, 5.74) is 5.81. The van der Waals surface area contributed by atoms with Crippen molar-refractivity contribution in [3.8, 4) is 0 Å². The highest BCUT2D eigenvalue weighted by Gasteiger charge is 2.25.